The Morgan fingerprint density at radius 1 is 1.50 bits per heavy atom. The van der Waals surface area contributed by atoms with Crippen molar-refractivity contribution in [3.63, 3.8) is 0 Å². The maximum Gasteiger partial charge on any atom is 0.475 e. The van der Waals surface area contributed by atoms with E-state index >= 15 is 0 Å². The molecule has 0 spiro atoms. The van der Waals surface area contributed by atoms with Crippen LogP contribution in [0, 0.1) is 0 Å². The zero-order valence-corrected chi connectivity index (χ0v) is 6.54. The van der Waals surface area contributed by atoms with Gasteiger partial charge in [-0.05, 0) is 0 Å². The van der Waals surface area contributed by atoms with Gasteiger partial charge in [-0.1, -0.05) is 11.1 Å². The molecule has 0 heterocycles. The number of rotatable bonds is 3. The molecule has 0 aromatic rings. The normalized spacial score (nSPS) is 12.0. The number of halogens is 2. The number of hydrogen-bond donors (Lipinski definition) is 0. The molecule has 0 aromatic carbocycles. The highest BCUT2D eigenvalue weighted by atomic mass is 35.6. The van der Waals surface area contributed by atoms with E-state index in [1.54, 1.807) is 0 Å². The highest BCUT2D eigenvalue weighted by Gasteiger charge is 2.33. The molecule has 2 nitrogen and oxygen atoms in total. The molecule has 0 unspecified atom stereocenters. The van der Waals surface area contributed by atoms with Gasteiger partial charge in [0.05, 0.1) is 0 Å². The zero-order chi connectivity index (χ0) is 6.62. The van der Waals surface area contributed by atoms with Crippen molar-refractivity contribution in [3.05, 3.63) is 0 Å². The lowest BCUT2D eigenvalue weighted by atomic mass is 11.8. The first kappa shape index (κ1) is 8.36. The third-order valence-electron chi connectivity index (χ3n) is 0.769. The summed E-state index contributed by atoms with van der Waals surface area (Å²) in [5.41, 5.74) is 0. The summed E-state index contributed by atoms with van der Waals surface area (Å²) in [7, 11) is -0.195. The summed E-state index contributed by atoms with van der Waals surface area (Å²) in [5, 5.41) is 0. The van der Waals surface area contributed by atoms with Gasteiger partial charge in [0.2, 0.25) is 0 Å². The molecule has 0 fully saturated rings. The average molecular weight is 159 g/mol. The van der Waals surface area contributed by atoms with Crippen LogP contribution in [0.4, 0.5) is 4.39 Å². The SMILES string of the molecule is CO[Si](Cl)(CF)OC. The fourth-order valence-electron chi connectivity index (χ4n) is 0.192. The smallest absolute Gasteiger partial charge is 0.385 e. The van der Waals surface area contributed by atoms with Gasteiger partial charge in [0.15, 0.2) is 0 Å². The first-order valence-electron chi connectivity index (χ1n) is 2.03. The van der Waals surface area contributed by atoms with Crippen molar-refractivity contribution in [2.24, 2.45) is 0 Å². The summed E-state index contributed by atoms with van der Waals surface area (Å²) in [6, 6.07) is 0. The summed E-state index contributed by atoms with van der Waals surface area (Å²) in [4.78, 5) is 0. The van der Waals surface area contributed by atoms with Crippen molar-refractivity contribution in [1.29, 1.82) is 0 Å². The predicted octanol–water partition coefficient (Wildman–Crippen LogP) is 0.966. The van der Waals surface area contributed by atoms with Gasteiger partial charge in [0, 0.05) is 14.2 Å². The van der Waals surface area contributed by atoms with Crippen LogP contribution in [0.3, 0.4) is 0 Å². The van der Waals surface area contributed by atoms with Crippen molar-refractivity contribution in [2.75, 3.05) is 20.5 Å². The first-order chi connectivity index (χ1) is 3.68. The number of alkyl halides is 1. The second kappa shape index (κ2) is 3.40. The number of hydrogen-bond acceptors (Lipinski definition) is 2. The van der Waals surface area contributed by atoms with Gasteiger partial charge in [-0.3, -0.25) is 0 Å². The van der Waals surface area contributed by atoms with E-state index in [2.05, 4.69) is 8.85 Å². The molecule has 0 N–H and O–H groups in total. The summed E-state index contributed by atoms with van der Waals surface area (Å²) >= 11 is 5.41. The molecule has 0 rings (SSSR count). The lowest BCUT2D eigenvalue weighted by Gasteiger charge is -2.14. The van der Waals surface area contributed by atoms with E-state index in [0.717, 1.165) is 0 Å². The first-order valence-corrected chi connectivity index (χ1v) is 5.07. The van der Waals surface area contributed by atoms with Gasteiger partial charge in [0.1, 0.15) is 6.30 Å². The molecule has 0 saturated carbocycles. The van der Waals surface area contributed by atoms with Crippen molar-refractivity contribution < 1.29 is 13.2 Å². The molecule has 50 valence electrons. The molecule has 0 bridgehead atoms. The van der Waals surface area contributed by atoms with E-state index in [1.807, 2.05) is 0 Å². The van der Waals surface area contributed by atoms with E-state index in [4.69, 9.17) is 11.1 Å². The van der Waals surface area contributed by atoms with Gasteiger partial charge >= 0.3 is 7.87 Å². The third-order valence-corrected chi connectivity index (χ3v) is 3.54. The van der Waals surface area contributed by atoms with E-state index in [0.29, 0.717) is 0 Å². The van der Waals surface area contributed by atoms with Crippen molar-refractivity contribution in [3.8, 4) is 0 Å². The summed E-state index contributed by atoms with van der Waals surface area (Å²) in [6.07, 6.45) is -0.721. The molecule has 0 aliphatic rings. The Morgan fingerprint density at radius 3 is 1.88 bits per heavy atom. The molecule has 0 saturated heterocycles. The molecular weight excluding hydrogens is 151 g/mol. The molecule has 5 heteroatoms. The third kappa shape index (κ3) is 2.08. The summed E-state index contributed by atoms with van der Waals surface area (Å²) in [5.74, 6) is 0. The lowest BCUT2D eigenvalue weighted by Crippen LogP contribution is -2.36. The molecule has 0 amide bonds. The van der Waals surface area contributed by atoms with Gasteiger partial charge in [-0.25, -0.2) is 4.39 Å². The maximum absolute atomic E-state index is 11.7. The van der Waals surface area contributed by atoms with Crippen LogP contribution in [0.15, 0.2) is 0 Å². The Bertz CT molecular complexity index is 60.0. The van der Waals surface area contributed by atoms with Gasteiger partial charge in [-0.2, -0.15) is 0 Å². The van der Waals surface area contributed by atoms with Crippen LogP contribution in [0.2, 0.25) is 0 Å². The Balaban J connectivity index is 3.58. The topological polar surface area (TPSA) is 18.5 Å². The van der Waals surface area contributed by atoms with Crippen LogP contribution in [-0.4, -0.2) is 28.4 Å². The van der Waals surface area contributed by atoms with Gasteiger partial charge in [0.25, 0.3) is 0 Å². The fraction of sp³-hybridized carbons (Fsp3) is 1.00. The van der Waals surface area contributed by atoms with Crippen LogP contribution in [0.1, 0.15) is 0 Å². The zero-order valence-electron chi connectivity index (χ0n) is 4.78. The maximum atomic E-state index is 11.7. The van der Waals surface area contributed by atoms with Crippen LogP contribution >= 0.6 is 11.1 Å². The van der Waals surface area contributed by atoms with Crippen molar-refractivity contribution in [1.82, 2.24) is 0 Å². The molecule has 0 atom stereocenters. The summed E-state index contributed by atoms with van der Waals surface area (Å²) < 4.78 is 20.8. The van der Waals surface area contributed by atoms with E-state index in [-0.39, 0.29) is 0 Å². The molecule has 0 radical (unpaired) electrons. The quantitative estimate of drug-likeness (QED) is 0.450. The summed E-state index contributed by atoms with van der Waals surface area (Å²) in [6.45, 7) is 0. The van der Waals surface area contributed by atoms with E-state index in [9.17, 15) is 4.39 Å². The van der Waals surface area contributed by atoms with Gasteiger partial charge in [-0.15, -0.1) is 0 Å². The highest BCUT2D eigenvalue weighted by molar-refractivity contribution is 7.12. The van der Waals surface area contributed by atoms with Crippen LogP contribution < -0.4 is 0 Å². The molecule has 0 aliphatic heterocycles. The van der Waals surface area contributed by atoms with E-state index < -0.39 is 14.2 Å². The monoisotopic (exact) mass is 158 g/mol. The minimum atomic E-state index is -2.87. The second-order valence-electron chi connectivity index (χ2n) is 1.20. The lowest BCUT2D eigenvalue weighted by molar-refractivity contribution is 0.250. The van der Waals surface area contributed by atoms with Crippen molar-refractivity contribution >= 4 is 18.9 Å². The van der Waals surface area contributed by atoms with Crippen LogP contribution in [0.5, 0.6) is 0 Å². The standard InChI is InChI=1S/C3H8ClFO2Si/c1-6-8(4,3-5)7-2/h3H2,1-2H3. The minimum absolute atomic E-state index is 0.721. The Morgan fingerprint density at radius 2 is 1.88 bits per heavy atom. The Labute approximate surface area is 53.5 Å². The second-order valence-corrected chi connectivity index (χ2v) is 5.33. The van der Waals surface area contributed by atoms with Crippen LogP contribution in [0.25, 0.3) is 0 Å². The minimum Gasteiger partial charge on any atom is -0.385 e. The Kier molecular flexibility index (Phi) is 3.55. The largest absolute Gasteiger partial charge is 0.475 e. The van der Waals surface area contributed by atoms with E-state index in [1.165, 1.54) is 14.2 Å². The van der Waals surface area contributed by atoms with Crippen LogP contribution in [-0.2, 0) is 8.85 Å². The predicted molar refractivity (Wildman–Crippen MR) is 31.6 cm³/mol. The van der Waals surface area contributed by atoms with Gasteiger partial charge < -0.3 is 8.85 Å². The highest BCUT2D eigenvalue weighted by Crippen LogP contribution is 2.09. The fourth-order valence-corrected chi connectivity index (χ4v) is 0.577. The Hall–Kier alpha value is 0.357. The molecule has 0 aliphatic carbocycles. The average Bonchev–Trinajstić information content (AvgIpc) is 1.87. The van der Waals surface area contributed by atoms with Crippen molar-refractivity contribution in [2.45, 2.75) is 0 Å². The molecule has 0 aromatic heterocycles. The molecule has 8 heavy (non-hydrogen) atoms. The molecular formula is C3H8ClFO2Si.